The van der Waals surface area contributed by atoms with Gasteiger partial charge in [-0.05, 0) is 37.2 Å². The summed E-state index contributed by atoms with van der Waals surface area (Å²) in [6, 6.07) is 9.40. The zero-order chi connectivity index (χ0) is 19.9. The van der Waals surface area contributed by atoms with Crippen LogP contribution in [-0.4, -0.2) is 41.1 Å². The van der Waals surface area contributed by atoms with Crippen LogP contribution in [0, 0.1) is 11.3 Å². The van der Waals surface area contributed by atoms with Gasteiger partial charge < -0.3 is 9.64 Å². The molecule has 1 heterocycles. The molecule has 0 spiro atoms. The van der Waals surface area contributed by atoms with Crippen LogP contribution >= 0.6 is 0 Å². The highest BCUT2D eigenvalue weighted by atomic mass is 16.5. The molecule has 1 aromatic carbocycles. The molecule has 0 bridgehead atoms. The van der Waals surface area contributed by atoms with Crippen molar-refractivity contribution in [1.82, 2.24) is 10.4 Å². The zero-order valence-electron chi connectivity index (χ0n) is 16.6. The molecule has 1 fully saturated rings. The number of rotatable bonds is 10. The lowest BCUT2D eigenvalue weighted by atomic mass is 9.84. The number of amides is 2. The third-order valence-corrected chi connectivity index (χ3v) is 5.29. The Morgan fingerprint density at radius 2 is 2.04 bits per heavy atom. The third-order valence-electron chi connectivity index (χ3n) is 5.29. The SMILES string of the molecule is CC(C)CC(C(=O)NO)N1CCC(C)(CCCOCc2ccccc2)C1=O. The maximum absolute atomic E-state index is 13.0. The lowest BCUT2D eigenvalue weighted by molar-refractivity contribution is -0.146. The maximum Gasteiger partial charge on any atom is 0.266 e. The highest BCUT2D eigenvalue weighted by molar-refractivity contribution is 5.91. The maximum atomic E-state index is 13.0. The van der Waals surface area contributed by atoms with Crippen LogP contribution in [0.4, 0.5) is 0 Å². The lowest BCUT2D eigenvalue weighted by Crippen LogP contribution is -2.49. The van der Waals surface area contributed by atoms with E-state index >= 15 is 0 Å². The number of ether oxygens (including phenoxy) is 1. The van der Waals surface area contributed by atoms with E-state index < -0.39 is 17.4 Å². The summed E-state index contributed by atoms with van der Waals surface area (Å²) in [6.07, 6.45) is 2.78. The van der Waals surface area contributed by atoms with Gasteiger partial charge in [-0.15, -0.1) is 0 Å². The van der Waals surface area contributed by atoms with E-state index in [2.05, 4.69) is 0 Å². The molecule has 6 heteroatoms. The third kappa shape index (κ3) is 5.78. The van der Waals surface area contributed by atoms with Crippen LogP contribution in [0.5, 0.6) is 0 Å². The van der Waals surface area contributed by atoms with Crippen LogP contribution in [0.15, 0.2) is 30.3 Å². The first kappa shape index (κ1) is 21.4. The smallest absolute Gasteiger partial charge is 0.266 e. The molecule has 2 atom stereocenters. The summed E-state index contributed by atoms with van der Waals surface area (Å²) < 4.78 is 5.72. The predicted molar refractivity (Wildman–Crippen MR) is 103 cm³/mol. The molecule has 1 aliphatic rings. The van der Waals surface area contributed by atoms with Gasteiger partial charge in [-0.3, -0.25) is 14.8 Å². The first-order chi connectivity index (χ1) is 12.9. The quantitative estimate of drug-likeness (QED) is 0.374. The number of likely N-dealkylation sites (tertiary alicyclic amines) is 1. The summed E-state index contributed by atoms with van der Waals surface area (Å²) in [6.45, 7) is 7.69. The Morgan fingerprint density at radius 1 is 1.33 bits per heavy atom. The average molecular weight is 376 g/mol. The highest BCUT2D eigenvalue weighted by Crippen LogP contribution is 2.37. The summed E-state index contributed by atoms with van der Waals surface area (Å²) in [5.41, 5.74) is 2.38. The van der Waals surface area contributed by atoms with E-state index in [0.29, 0.717) is 26.2 Å². The van der Waals surface area contributed by atoms with Crippen LogP contribution in [-0.2, 0) is 20.9 Å². The van der Waals surface area contributed by atoms with Crippen molar-refractivity contribution < 1.29 is 19.5 Å². The number of nitrogens with zero attached hydrogens (tertiary/aromatic N) is 1. The van der Waals surface area contributed by atoms with Crippen molar-refractivity contribution >= 4 is 11.8 Å². The van der Waals surface area contributed by atoms with Gasteiger partial charge in [-0.1, -0.05) is 51.1 Å². The first-order valence-corrected chi connectivity index (χ1v) is 9.74. The summed E-state index contributed by atoms with van der Waals surface area (Å²) in [4.78, 5) is 26.7. The molecule has 1 aliphatic heterocycles. The minimum absolute atomic E-state index is 0.000177. The number of nitrogens with one attached hydrogen (secondary N) is 1. The highest BCUT2D eigenvalue weighted by Gasteiger charge is 2.46. The van der Waals surface area contributed by atoms with E-state index in [9.17, 15) is 9.59 Å². The molecule has 27 heavy (non-hydrogen) atoms. The van der Waals surface area contributed by atoms with E-state index in [1.165, 1.54) is 0 Å². The fourth-order valence-electron chi connectivity index (χ4n) is 3.68. The van der Waals surface area contributed by atoms with E-state index in [1.807, 2.05) is 51.1 Å². The van der Waals surface area contributed by atoms with Gasteiger partial charge >= 0.3 is 0 Å². The van der Waals surface area contributed by atoms with Crippen LogP contribution in [0.25, 0.3) is 0 Å². The largest absolute Gasteiger partial charge is 0.377 e. The van der Waals surface area contributed by atoms with Gasteiger partial charge in [0.05, 0.1) is 6.61 Å². The van der Waals surface area contributed by atoms with Crippen molar-refractivity contribution in [3.8, 4) is 0 Å². The minimum Gasteiger partial charge on any atom is -0.377 e. The van der Waals surface area contributed by atoms with Gasteiger partial charge in [-0.2, -0.15) is 0 Å². The number of benzene rings is 1. The first-order valence-electron chi connectivity index (χ1n) is 9.74. The second-order valence-electron chi connectivity index (χ2n) is 8.07. The molecular formula is C21H32N2O4. The summed E-state index contributed by atoms with van der Waals surface area (Å²) in [5.74, 6) is -0.259. The molecule has 2 amide bonds. The molecular weight excluding hydrogens is 344 g/mol. The van der Waals surface area contributed by atoms with Crippen molar-refractivity contribution in [2.45, 2.75) is 59.1 Å². The summed E-state index contributed by atoms with van der Waals surface area (Å²) >= 11 is 0. The Hall–Kier alpha value is -1.92. The van der Waals surface area contributed by atoms with E-state index in [-0.39, 0.29) is 11.8 Å². The lowest BCUT2D eigenvalue weighted by Gasteiger charge is -2.30. The Balaban J connectivity index is 1.84. The second kappa shape index (κ2) is 9.85. The van der Waals surface area contributed by atoms with Crippen molar-refractivity contribution in [3.05, 3.63) is 35.9 Å². The molecule has 2 unspecified atom stereocenters. The molecule has 6 nitrogen and oxygen atoms in total. The van der Waals surface area contributed by atoms with Gasteiger partial charge in [0.25, 0.3) is 5.91 Å². The van der Waals surface area contributed by atoms with Gasteiger partial charge in [0.1, 0.15) is 6.04 Å². The van der Waals surface area contributed by atoms with E-state index in [1.54, 1.807) is 10.4 Å². The number of hydroxylamine groups is 1. The molecule has 1 aromatic rings. The molecule has 0 aliphatic carbocycles. The molecule has 2 N–H and O–H groups in total. The predicted octanol–water partition coefficient (Wildman–Crippen LogP) is 3.14. The number of hydrogen-bond acceptors (Lipinski definition) is 4. The second-order valence-corrected chi connectivity index (χ2v) is 8.07. The number of hydrogen-bond donors (Lipinski definition) is 2. The standard InChI is InChI=1S/C21H32N2O4/c1-16(2)14-18(19(24)22-26)23-12-11-21(3,20(23)25)10-7-13-27-15-17-8-5-4-6-9-17/h4-6,8-9,16,18,26H,7,10-15H2,1-3H3,(H,22,24). The van der Waals surface area contributed by atoms with Gasteiger partial charge in [0, 0.05) is 18.6 Å². The Bertz CT molecular complexity index is 620. The number of carbonyl (C=O) groups is 2. The molecule has 0 radical (unpaired) electrons. The Labute approximate surface area is 161 Å². The van der Waals surface area contributed by atoms with Crippen LogP contribution in [0.3, 0.4) is 0 Å². The van der Waals surface area contributed by atoms with Crippen molar-refractivity contribution in [3.63, 3.8) is 0 Å². The van der Waals surface area contributed by atoms with Crippen LogP contribution in [0.1, 0.15) is 52.0 Å². The molecule has 2 rings (SSSR count). The number of carbonyl (C=O) groups excluding carboxylic acids is 2. The molecule has 1 saturated heterocycles. The molecule has 150 valence electrons. The van der Waals surface area contributed by atoms with Gasteiger partial charge in [0.2, 0.25) is 5.91 Å². The van der Waals surface area contributed by atoms with Crippen molar-refractivity contribution in [2.75, 3.05) is 13.2 Å². The fourth-order valence-corrected chi connectivity index (χ4v) is 3.68. The monoisotopic (exact) mass is 376 g/mol. The average Bonchev–Trinajstić information content (AvgIpc) is 2.95. The zero-order valence-corrected chi connectivity index (χ0v) is 16.6. The molecule has 0 aromatic heterocycles. The van der Waals surface area contributed by atoms with Crippen LogP contribution in [0.2, 0.25) is 0 Å². The van der Waals surface area contributed by atoms with E-state index in [4.69, 9.17) is 9.94 Å². The normalized spacial score (nSPS) is 20.9. The topological polar surface area (TPSA) is 78.9 Å². The summed E-state index contributed by atoms with van der Waals surface area (Å²) in [7, 11) is 0. The summed E-state index contributed by atoms with van der Waals surface area (Å²) in [5, 5.41) is 9.04. The van der Waals surface area contributed by atoms with Gasteiger partial charge in [-0.25, -0.2) is 5.48 Å². The van der Waals surface area contributed by atoms with Crippen molar-refractivity contribution in [2.24, 2.45) is 11.3 Å². The van der Waals surface area contributed by atoms with Gasteiger partial charge in [0.15, 0.2) is 0 Å². The Morgan fingerprint density at radius 3 is 2.67 bits per heavy atom. The van der Waals surface area contributed by atoms with Crippen molar-refractivity contribution in [1.29, 1.82) is 0 Å². The minimum atomic E-state index is -0.612. The Kier molecular flexibility index (Phi) is 7.80. The molecule has 0 saturated carbocycles. The van der Waals surface area contributed by atoms with Crippen LogP contribution < -0.4 is 5.48 Å². The van der Waals surface area contributed by atoms with E-state index in [0.717, 1.165) is 24.8 Å². The fraction of sp³-hybridized carbons (Fsp3) is 0.619.